The van der Waals surface area contributed by atoms with Crippen molar-refractivity contribution in [2.45, 2.75) is 37.1 Å². The van der Waals surface area contributed by atoms with Gasteiger partial charge in [-0.2, -0.15) is 0 Å². The number of anilines is 1. The maximum atomic E-state index is 12.3. The van der Waals surface area contributed by atoms with Crippen molar-refractivity contribution < 1.29 is 8.42 Å². The van der Waals surface area contributed by atoms with Crippen molar-refractivity contribution in [3.63, 3.8) is 0 Å². The molecule has 7 heteroatoms. The van der Waals surface area contributed by atoms with Crippen LogP contribution in [-0.4, -0.2) is 39.0 Å². The molecular weight excluding hydrogens is 310 g/mol. The van der Waals surface area contributed by atoms with E-state index >= 15 is 0 Å². The van der Waals surface area contributed by atoms with Gasteiger partial charge in [0.05, 0.1) is 15.6 Å². The number of rotatable bonds is 5. The smallest absolute Gasteiger partial charge is 0.240 e. The second-order valence-corrected chi connectivity index (χ2v) is 7.66. The van der Waals surface area contributed by atoms with E-state index in [1.165, 1.54) is 37.5 Å². The van der Waals surface area contributed by atoms with Gasteiger partial charge >= 0.3 is 0 Å². The van der Waals surface area contributed by atoms with Crippen LogP contribution in [0.4, 0.5) is 5.69 Å². The number of nitrogens with two attached hydrogens (primary N) is 1. The maximum absolute atomic E-state index is 12.3. The van der Waals surface area contributed by atoms with E-state index in [1.807, 2.05) is 6.92 Å². The summed E-state index contributed by atoms with van der Waals surface area (Å²) in [5.74, 6) is 0. The zero-order valence-electron chi connectivity index (χ0n) is 12.2. The number of nitrogens with zero attached hydrogens (tertiary/aromatic N) is 1. The normalized spacial score (nSPS) is 18.6. The zero-order chi connectivity index (χ0) is 15.5. The minimum Gasteiger partial charge on any atom is -0.398 e. The molecule has 1 aliphatic heterocycles. The van der Waals surface area contributed by atoms with E-state index in [0.717, 1.165) is 13.1 Å². The number of hydrogen-bond donors (Lipinski definition) is 2. The minimum atomic E-state index is -3.55. The van der Waals surface area contributed by atoms with Gasteiger partial charge in [0.25, 0.3) is 0 Å². The topological polar surface area (TPSA) is 75.4 Å². The Hall–Kier alpha value is -0.820. The van der Waals surface area contributed by atoms with E-state index in [9.17, 15) is 8.42 Å². The molecule has 1 atom stereocenters. The molecule has 0 aromatic heterocycles. The lowest BCUT2D eigenvalue weighted by molar-refractivity contribution is 0.175. The third kappa shape index (κ3) is 4.32. The summed E-state index contributed by atoms with van der Waals surface area (Å²) in [6, 6.07) is 4.54. The van der Waals surface area contributed by atoms with Gasteiger partial charge in [0.1, 0.15) is 0 Å². The second kappa shape index (κ2) is 6.96. The molecule has 2 rings (SSSR count). The fraction of sp³-hybridized carbons (Fsp3) is 0.571. The van der Waals surface area contributed by atoms with Crippen molar-refractivity contribution >= 4 is 27.3 Å². The SMILES string of the molecule is CC(CNS(=O)(=O)c1ccc(N)c(Cl)c1)N1CCCCC1. The Kier molecular flexibility index (Phi) is 5.48. The Morgan fingerprint density at radius 3 is 2.62 bits per heavy atom. The van der Waals surface area contributed by atoms with Crippen LogP contribution in [0.2, 0.25) is 5.02 Å². The number of halogens is 1. The molecule has 1 fully saturated rings. The number of nitrogens with one attached hydrogen (secondary N) is 1. The lowest BCUT2D eigenvalue weighted by atomic mass is 10.1. The molecule has 0 saturated carbocycles. The largest absolute Gasteiger partial charge is 0.398 e. The van der Waals surface area contributed by atoms with E-state index in [4.69, 9.17) is 17.3 Å². The molecule has 1 heterocycles. The summed E-state index contributed by atoms with van der Waals surface area (Å²) in [5, 5.41) is 0.252. The van der Waals surface area contributed by atoms with Gasteiger partial charge in [-0.15, -0.1) is 0 Å². The van der Waals surface area contributed by atoms with E-state index in [0.29, 0.717) is 12.2 Å². The third-order valence-electron chi connectivity index (χ3n) is 3.86. The first kappa shape index (κ1) is 16.5. The molecule has 1 aromatic rings. The molecule has 0 spiro atoms. The van der Waals surface area contributed by atoms with Gasteiger partial charge in [-0.05, 0) is 51.1 Å². The van der Waals surface area contributed by atoms with E-state index in [-0.39, 0.29) is 16.0 Å². The van der Waals surface area contributed by atoms with E-state index in [1.54, 1.807) is 0 Å². The van der Waals surface area contributed by atoms with Crippen LogP contribution in [0.25, 0.3) is 0 Å². The third-order valence-corrected chi connectivity index (χ3v) is 5.61. The highest BCUT2D eigenvalue weighted by molar-refractivity contribution is 7.89. The lowest BCUT2D eigenvalue weighted by Crippen LogP contribution is -2.44. The molecule has 118 valence electrons. The number of piperidine rings is 1. The minimum absolute atomic E-state index is 0.146. The van der Waals surface area contributed by atoms with Gasteiger partial charge in [0.2, 0.25) is 10.0 Å². The molecular formula is C14H22ClN3O2S. The number of sulfonamides is 1. The molecule has 0 aliphatic carbocycles. The predicted octanol–water partition coefficient (Wildman–Crippen LogP) is 2.07. The summed E-state index contributed by atoms with van der Waals surface area (Å²) < 4.78 is 27.2. The van der Waals surface area contributed by atoms with Crippen LogP contribution in [0.3, 0.4) is 0 Å². The van der Waals surface area contributed by atoms with Crippen molar-refractivity contribution in [1.29, 1.82) is 0 Å². The van der Waals surface area contributed by atoms with Gasteiger partial charge in [0.15, 0.2) is 0 Å². The van der Waals surface area contributed by atoms with Gasteiger partial charge in [-0.25, -0.2) is 13.1 Å². The summed E-state index contributed by atoms with van der Waals surface area (Å²) in [6.07, 6.45) is 3.63. The second-order valence-electron chi connectivity index (χ2n) is 5.48. The lowest BCUT2D eigenvalue weighted by Gasteiger charge is -2.32. The Labute approximate surface area is 131 Å². The molecule has 1 unspecified atom stereocenters. The molecule has 3 N–H and O–H groups in total. The highest BCUT2D eigenvalue weighted by Gasteiger charge is 2.20. The number of benzene rings is 1. The first-order valence-corrected chi connectivity index (χ1v) is 9.05. The van der Waals surface area contributed by atoms with E-state index in [2.05, 4.69) is 9.62 Å². The standard InChI is InChI=1S/C14H22ClN3O2S/c1-11(18-7-3-2-4-8-18)10-17-21(19,20)12-5-6-14(16)13(15)9-12/h5-6,9,11,17H,2-4,7-8,10,16H2,1H3. The van der Waals surface area contributed by atoms with Crippen molar-refractivity contribution in [2.24, 2.45) is 0 Å². The Balaban J connectivity index is 1.98. The van der Waals surface area contributed by atoms with Crippen LogP contribution < -0.4 is 10.5 Å². The van der Waals surface area contributed by atoms with Crippen molar-refractivity contribution in [2.75, 3.05) is 25.4 Å². The van der Waals surface area contributed by atoms with Crippen LogP contribution in [0.15, 0.2) is 23.1 Å². The summed E-state index contributed by atoms with van der Waals surface area (Å²) in [6.45, 7) is 4.52. The fourth-order valence-corrected chi connectivity index (χ4v) is 3.87. The monoisotopic (exact) mass is 331 g/mol. The molecule has 0 bridgehead atoms. The molecule has 21 heavy (non-hydrogen) atoms. The van der Waals surface area contributed by atoms with Crippen molar-refractivity contribution in [3.05, 3.63) is 23.2 Å². The highest BCUT2D eigenvalue weighted by atomic mass is 35.5. The average Bonchev–Trinajstić information content (AvgIpc) is 2.48. The fourth-order valence-electron chi connectivity index (χ4n) is 2.48. The first-order chi connectivity index (χ1) is 9.90. The van der Waals surface area contributed by atoms with Crippen molar-refractivity contribution in [1.82, 2.24) is 9.62 Å². The summed E-state index contributed by atoms with van der Waals surface area (Å²) in [4.78, 5) is 2.47. The zero-order valence-corrected chi connectivity index (χ0v) is 13.8. The van der Waals surface area contributed by atoms with Gasteiger partial charge in [-0.3, -0.25) is 4.90 Å². The molecule has 0 amide bonds. The highest BCUT2D eigenvalue weighted by Crippen LogP contribution is 2.22. The Bertz CT molecular complexity index is 586. The molecule has 1 aliphatic rings. The maximum Gasteiger partial charge on any atom is 0.240 e. The summed E-state index contributed by atoms with van der Waals surface area (Å²) in [7, 11) is -3.55. The van der Waals surface area contributed by atoms with E-state index < -0.39 is 10.0 Å². The van der Waals surface area contributed by atoms with Crippen LogP contribution >= 0.6 is 11.6 Å². The average molecular weight is 332 g/mol. The number of hydrogen-bond acceptors (Lipinski definition) is 4. The van der Waals surface area contributed by atoms with Gasteiger partial charge < -0.3 is 5.73 Å². The van der Waals surface area contributed by atoms with Crippen molar-refractivity contribution in [3.8, 4) is 0 Å². The van der Waals surface area contributed by atoms with Gasteiger partial charge in [0, 0.05) is 12.6 Å². The number of likely N-dealkylation sites (tertiary alicyclic amines) is 1. The van der Waals surface area contributed by atoms with Crippen LogP contribution in [0, 0.1) is 0 Å². The molecule has 1 aromatic carbocycles. The summed E-state index contributed by atoms with van der Waals surface area (Å²) >= 11 is 5.88. The quantitative estimate of drug-likeness (QED) is 0.810. The first-order valence-electron chi connectivity index (χ1n) is 7.19. The summed E-state index contributed by atoms with van der Waals surface area (Å²) in [5.41, 5.74) is 5.97. The molecule has 1 saturated heterocycles. The van der Waals surface area contributed by atoms with Crippen LogP contribution in [-0.2, 0) is 10.0 Å². The number of nitrogen functional groups attached to an aromatic ring is 1. The molecule has 5 nitrogen and oxygen atoms in total. The molecule has 0 radical (unpaired) electrons. The Morgan fingerprint density at radius 1 is 1.33 bits per heavy atom. The predicted molar refractivity (Wildman–Crippen MR) is 85.9 cm³/mol. The Morgan fingerprint density at radius 2 is 2.00 bits per heavy atom. The van der Waals surface area contributed by atoms with Crippen LogP contribution in [0.1, 0.15) is 26.2 Å². The van der Waals surface area contributed by atoms with Crippen LogP contribution in [0.5, 0.6) is 0 Å². The van der Waals surface area contributed by atoms with Gasteiger partial charge in [-0.1, -0.05) is 18.0 Å².